The van der Waals surface area contributed by atoms with Crippen molar-refractivity contribution in [2.24, 2.45) is 5.73 Å². The zero-order valence-electron chi connectivity index (χ0n) is 12.6. The number of thiazole rings is 1. The summed E-state index contributed by atoms with van der Waals surface area (Å²) < 4.78 is 1.13. The van der Waals surface area contributed by atoms with Crippen LogP contribution in [0, 0.1) is 6.92 Å². The van der Waals surface area contributed by atoms with Crippen molar-refractivity contribution in [3.8, 4) is 0 Å². The van der Waals surface area contributed by atoms with E-state index in [1.54, 1.807) is 12.4 Å². The molecular weight excluding hydrogens is 356 g/mol. The lowest BCUT2D eigenvalue weighted by atomic mass is 10.3. The molecule has 10 heteroatoms. The van der Waals surface area contributed by atoms with E-state index in [-0.39, 0.29) is 17.3 Å². The number of H-pyrrole nitrogens is 1. The first-order valence-electron chi connectivity index (χ1n) is 6.51. The zero-order chi connectivity index (χ0) is 17.0. The lowest BCUT2D eigenvalue weighted by Gasteiger charge is -1.93. The van der Waals surface area contributed by atoms with Crippen molar-refractivity contribution in [2.45, 2.75) is 13.5 Å². The summed E-state index contributed by atoms with van der Waals surface area (Å²) in [7, 11) is 0. The Bertz CT molecular complexity index is 949. The second-order valence-corrected chi connectivity index (χ2v) is 5.55. The standard InChI is InChI=1S/C8H6N2O4S.C6H8N2.ClH/c1-3-5(11)9-8(14)10-2-4(7(12)13)15-6(3)10;7-5-6-1-3-8-4-2-6;/h2H,1H3,(H,12,13)(H,9,11,14);1-4H,5,7H2;1H. The van der Waals surface area contributed by atoms with Gasteiger partial charge in [-0.25, -0.2) is 9.59 Å². The summed E-state index contributed by atoms with van der Waals surface area (Å²) in [5.41, 5.74) is 5.68. The number of aromatic nitrogens is 3. The second kappa shape index (κ2) is 8.39. The second-order valence-electron chi connectivity index (χ2n) is 4.52. The molecule has 0 aromatic carbocycles. The molecule has 24 heavy (non-hydrogen) atoms. The van der Waals surface area contributed by atoms with Gasteiger partial charge in [0, 0.05) is 30.7 Å². The number of carboxylic acid groups (broad SMARTS) is 1. The minimum Gasteiger partial charge on any atom is -0.477 e. The normalized spacial score (nSPS) is 9.75. The number of hydrogen-bond donors (Lipinski definition) is 3. The fourth-order valence-electron chi connectivity index (χ4n) is 1.73. The van der Waals surface area contributed by atoms with E-state index < -0.39 is 17.2 Å². The Hall–Kier alpha value is -2.49. The maximum Gasteiger partial charge on any atom is 0.347 e. The van der Waals surface area contributed by atoms with Gasteiger partial charge in [0.25, 0.3) is 5.56 Å². The van der Waals surface area contributed by atoms with E-state index in [1.807, 2.05) is 12.1 Å². The predicted molar refractivity (Wildman–Crippen MR) is 93.2 cm³/mol. The lowest BCUT2D eigenvalue weighted by molar-refractivity contribution is 0.0701. The van der Waals surface area contributed by atoms with Crippen LogP contribution in [0.15, 0.2) is 40.3 Å². The molecule has 3 rings (SSSR count). The molecule has 0 fully saturated rings. The summed E-state index contributed by atoms with van der Waals surface area (Å²) in [6.45, 7) is 2.14. The van der Waals surface area contributed by atoms with Crippen LogP contribution in [0.3, 0.4) is 0 Å². The van der Waals surface area contributed by atoms with Crippen LogP contribution >= 0.6 is 23.7 Å². The average Bonchev–Trinajstić information content (AvgIpc) is 3.00. The number of nitrogens with one attached hydrogen (secondary N) is 1. The van der Waals surface area contributed by atoms with Gasteiger partial charge in [-0.05, 0) is 24.6 Å². The summed E-state index contributed by atoms with van der Waals surface area (Å²) in [5, 5.41) is 8.74. The first-order chi connectivity index (χ1) is 10.9. The number of aromatic carboxylic acids is 1. The molecule has 3 aromatic heterocycles. The number of carboxylic acids is 1. The Balaban J connectivity index is 0.000000273. The molecule has 0 aliphatic heterocycles. The number of nitrogens with zero attached hydrogens (tertiary/aromatic N) is 2. The molecule has 0 unspecified atom stereocenters. The van der Waals surface area contributed by atoms with Gasteiger partial charge in [-0.1, -0.05) is 0 Å². The maximum absolute atomic E-state index is 11.3. The molecule has 0 aliphatic carbocycles. The first kappa shape index (κ1) is 19.6. The van der Waals surface area contributed by atoms with Crippen molar-refractivity contribution < 1.29 is 9.90 Å². The number of rotatable bonds is 2. The Morgan fingerprint density at radius 3 is 2.50 bits per heavy atom. The van der Waals surface area contributed by atoms with Crippen molar-refractivity contribution in [3.05, 3.63) is 67.6 Å². The van der Waals surface area contributed by atoms with Gasteiger partial charge < -0.3 is 10.8 Å². The molecule has 8 nitrogen and oxygen atoms in total. The zero-order valence-corrected chi connectivity index (χ0v) is 14.2. The highest BCUT2D eigenvalue weighted by atomic mass is 35.5. The smallest absolute Gasteiger partial charge is 0.347 e. The molecular formula is C14H15ClN4O4S. The summed E-state index contributed by atoms with van der Waals surface area (Å²) >= 11 is 0.904. The highest BCUT2D eigenvalue weighted by Crippen LogP contribution is 2.17. The quantitative estimate of drug-likeness (QED) is 0.617. The molecule has 3 heterocycles. The largest absolute Gasteiger partial charge is 0.477 e. The van der Waals surface area contributed by atoms with Gasteiger partial charge in [0.05, 0.1) is 0 Å². The number of carbonyl (C=O) groups is 1. The van der Waals surface area contributed by atoms with Crippen molar-refractivity contribution in [2.75, 3.05) is 0 Å². The van der Waals surface area contributed by atoms with Crippen LogP contribution in [0.25, 0.3) is 4.83 Å². The molecule has 0 radical (unpaired) electrons. The molecule has 0 spiro atoms. The highest BCUT2D eigenvalue weighted by molar-refractivity contribution is 7.19. The van der Waals surface area contributed by atoms with E-state index in [2.05, 4.69) is 9.97 Å². The van der Waals surface area contributed by atoms with Crippen LogP contribution < -0.4 is 17.0 Å². The third kappa shape index (κ3) is 4.28. The van der Waals surface area contributed by atoms with Gasteiger partial charge in [0.2, 0.25) is 0 Å². The van der Waals surface area contributed by atoms with Crippen molar-refractivity contribution in [1.82, 2.24) is 14.4 Å². The molecule has 3 aromatic rings. The number of halogens is 1. The first-order valence-corrected chi connectivity index (χ1v) is 7.33. The monoisotopic (exact) mass is 370 g/mol. The highest BCUT2D eigenvalue weighted by Gasteiger charge is 2.12. The summed E-state index contributed by atoms with van der Waals surface area (Å²) in [4.78, 5) is 39.5. The predicted octanol–water partition coefficient (Wildman–Crippen LogP) is 1.02. The van der Waals surface area contributed by atoms with Gasteiger partial charge in [-0.2, -0.15) is 0 Å². The van der Waals surface area contributed by atoms with E-state index >= 15 is 0 Å². The van der Waals surface area contributed by atoms with Gasteiger partial charge in [0.15, 0.2) is 0 Å². The van der Waals surface area contributed by atoms with Gasteiger partial charge >= 0.3 is 11.7 Å². The summed E-state index contributed by atoms with van der Waals surface area (Å²) in [5.74, 6) is -1.12. The van der Waals surface area contributed by atoms with Crippen molar-refractivity contribution in [3.63, 3.8) is 0 Å². The Kier molecular flexibility index (Phi) is 6.83. The number of aryl methyl sites for hydroxylation is 1. The van der Waals surface area contributed by atoms with E-state index in [9.17, 15) is 14.4 Å². The minimum absolute atomic E-state index is 0. The molecule has 0 atom stereocenters. The molecule has 0 bridgehead atoms. The summed E-state index contributed by atoms with van der Waals surface area (Å²) in [6, 6.07) is 3.81. The van der Waals surface area contributed by atoms with E-state index in [1.165, 1.54) is 13.1 Å². The van der Waals surface area contributed by atoms with Crippen LogP contribution in [-0.4, -0.2) is 25.4 Å². The van der Waals surface area contributed by atoms with Crippen molar-refractivity contribution in [1.29, 1.82) is 0 Å². The van der Waals surface area contributed by atoms with Crippen LogP contribution in [0.2, 0.25) is 0 Å². The van der Waals surface area contributed by atoms with Crippen LogP contribution in [0.5, 0.6) is 0 Å². The van der Waals surface area contributed by atoms with Gasteiger partial charge in [-0.3, -0.25) is 19.2 Å². The van der Waals surface area contributed by atoms with Crippen LogP contribution in [-0.2, 0) is 6.54 Å². The van der Waals surface area contributed by atoms with Crippen LogP contribution in [0.1, 0.15) is 20.8 Å². The van der Waals surface area contributed by atoms with Gasteiger partial charge in [-0.15, -0.1) is 23.7 Å². The van der Waals surface area contributed by atoms with Gasteiger partial charge in [0.1, 0.15) is 9.71 Å². The molecule has 0 aliphatic rings. The SMILES string of the molecule is Cc1c(=O)[nH]c(=O)n2cc(C(=O)O)sc12.Cl.NCc1ccncc1. The summed E-state index contributed by atoms with van der Waals surface area (Å²) in [6.07, 6.45) is 4.68. The lowest BCUT2D eigenvalue weighted by Crippen LogP contribution is -2.26. The van der Waals surface area contributed by atoms with Crippen molar-refractivity contribution >= 4 is 34.5 Å². The number of pyridine rings is 1. The van der Waals surface area contributed by atoms with E-state index in [0.717, 1.165) is 21.3 Å². The minimum atomic E-state index is -1.12. The number of aromatic amines is 1. The Labute approximate surface area is 146 Å². The maximum atomic E-state index is 11.3. The number of nitrogens with two attached hydrogens (primary N) is 1. The topological polar surface area (TPSA) is 131 Å². The third-order valence-corrected chi connectivity index (χ3v) is 4.16. The third-order valence-electron chi connectivity index (χ3n) is 2.97. The van der Waals surface area contributed by atoms with Crippen LogP contribution in [0.4, 0.5) is 0 Å². The molecule has 0 saturated heterocycles. The fourth-order valence-corrected chi connectivity index (χ4v) is 2.66. The number of hydrogen-bond acceptors (Lipinski definition) is 6. The molecule has 0 saturated carbocycles. The Morgan fingerprint density at radius 1 is 1.38 bits per heavy atom. The number of fused-ring (bicyclic) bond motifs is 1. The molecule has 128 valence electrons. The molecule has 0 amide bonds. The fraction of sp³-hybridized carbons (Fsp3) is 0.143. The van der Waals surface area contributed by atoms with E-state index in [0.29, 0.717) is 16.9 Å². The Morgan fingerprint density at radius 2 is 2.00 bits per heavy atom. The van der Waals surface area contributed by atoms with E-state index in [4.69, 9.17) is 10.8 Å². The molecule has 4 N–H and O–H groups in total. The average molecular weight is 371 g/mol.